The zero-order chi connectivity index (χ0) is 12.1. The molecule has 0 amide bonds. The van der Waals surface area contributed by atoms with Gasteiger partial charge >= 0.3 is 0 Å². The van der Waals surface area contributed by atoms with E-state index in [-0.39, 0.29) is 5.78 Å². The molecule has 17 heavy (non-hydrogen) atoms. The second kappa shape index (κ2) is 5.21. The maximum Gasteiger partial charge on any atom is 0.213 e. The summed E-state index contributed by atoms with van der Waals surface area (Å²) in [6.07, 6.45) is 4.49. The smallest absolute Gasteiger partial charge is 0.213 e. The van der Waals surface area contributed by atoms with Crippen LogP contribution < -0.4 is 4.74 Å². The van der Waals surface area contributed by atoms with Gasteiger partial charge < -0.3 is 4.74 Å². The lowest BCUT2D eigenvalue weighted by atomic mass is 10.1. The Morgan fingerprint density at radius 2 is 2.24 bits per heavy atom. The molecular weight excluding hydrogens is 216 g/mol. The van der Waals surface area contributed by atoms with Gasteiger partial charge in [-0.1, -0.05) is 12.1 Å². The largest absolute Gasteiger partial charge is 0.494 e. The van der Waals surface area contributed by atoms with Crippen molar-refractivity contribution < 1.29 is 9.53 Å². The fourth-order valence-corrected chi connectivity index (χ4v) is 1.46. The molecule has 0 radical (unpaired) electrons. The van der Waals surface area contributed by atoms with Crippen molar-refractivity contribution in [1.29, 1.82) is 0 Å². The molecule has 0 atom stereocenters. The predicted molar refractivity (Wildman–Crippen MR) is 63.1 cm³/mol. The molecule has 86 valence electrons. The summed E-state index contributed by atoms with van der Waals surface area (Å²) in [4.78, 5) is 19.9. The normalized spacial score (nSPS) is 9.94. The molecule has 0 bridgehead atoms. The average molecular weight is 228 g/mol. The summed E-state index contributed by atoms with van der Waals surface area (Å²) in [5.74, 6) is 0.530. The summed E-state index contributed by atoms with van der Waals surface area (Å²) in [7, 11) is 0. The average Bonchev–Trinajstić information content (AvgIpc) is 2.40. The molecule has 2 aromatic rings. The Morgan fingerprint density at radius 3 is 2.94 bits per heavy atom. The molecule has 0 saturated heterocycles. The van der Waals surface area contributed by atoms with Gasteiger partial charge in [-0.15, -0.1) is 0 Å². The van der Waals surface area contributed by atoms with E-state index in [1.54, 1.807) is 18.2 Å². The van der Waals surface area contributed by atoms with Gasteiger partial charge in [0.15, 0.2) is 0 Å². The van der Waals surface area contributed by atoms with E-state index >= 15 is 0 Å². The molecule has 0 aliphatic heterocycles. The van der Waals surface area contributed by atoms with Gasteiger partial charge in [0.1, 0.15) is 11.4 Å². The van der Waals surface area contributed by atoms with Gasteiger partial charge in [0, 0.05) is 18.0 Å². The highest BCUT2D eigenvalue weighted by Crippen LogP contribution is 2.15. The van der Waals surface area contributed by atoms with E-state index in [9.17, 15) is 4.79 Å². The molecule has 4 nitrogen and oxygen atoms in total. The van der Waals surface area contributed by atoms with Crippen molar-refractivity contribution in [3.05, 3.63) is 54.1 Å². The molecule has 1 aromatic carbocycles. The summed E-state index contributed by atoms with van der Waals surface area (Å²) in [6.45, 7) is 2.47. The van der Waals surface area contributed by atoms with Crippen LogP contribution in [0.15, 0.2) is 42.9 Å². The molecule has 0 unspecified atom stereocenters. The zero-order valence-corrected chi connectivity index (χ0v) is 9.46. The van der Waals surface area contributed by atoms with Gasteiger partial charge in [0.2, 0.25) is 5.78 Å². The van der Waals surface area contributed by atoms with E-state index < -0.39 is 0 Å². The minimum Gasteiger partial charge on any atom is -0.494 e. The number of carbonyl (C=O) groups excluding carboxylic acids is 1. The van der Waals surface area contributed by atoms with E-state index in [1.165, 1.54) is 18.6 Å². The van der Waals surface area contributed by atoms with Crippen LogP contribution in [-0.4, -0.2) is 22.4 Å². The number of aromatic nitrogens is 2. The second-order valence-corrected chi connectivity index (χ2v) is 3.38. The lowest BCUT2D eigenvalue weighted by Gasteiger charge is -2.04. The molecule has 0 aliphatic rings. The van der Waals surface area contributed by atoms with E-state index in [4.69, 9.17) is 4.74 Å². The Hall–Kier alpha value is -2.23. The maximum absolute atomic E-state index is 12.0. The van der Waals surface area contributed by atoms with Crippen molar-refractivity contribution in [2.75, 3.05) is 6.61 Å². The van der Waals surface area contributed by atoms with Gasteiger partial charge in [-0.2, -0.15) is 0 Å². The Bertz CT molecular complexity index is 512. The second-order valence-electron chi connectivity index (χ2n) is 3.38. The molecule has 1 aromatic heterocycles. The highest BCUT2D eigenvalue weighted by molar-refractivity contribution is 6.07. The Balaban J connectivity index is 2.28. The predicted octanol–water partition coefficient (Wildman–Crippen LogP) is 2.11. The van der Waals surface area contributed by atoms with E-state index in [2.05, 4.69) is 9.97 Å². The molecular formula is C13H12N2O2. The summed E-state index contributed by atoms with van der Waals surface area (Å²) in [6, 6.07) is 7.05. The first-order valence-electron chi connectivity index (χ1n) is 5.35. The first kappa shape index (κ1) is 11.3. The topological polar surface area (TPSA) is 52.1 Å². The first-order valence-corrected chi connectivity index (χ1v) is 5.35. The van der Waals surface area contributed by atoms with Crippen LogP contribution in [0.4, 0.5) is 0 Å². The van der Waals surface area contributed by atoms with E-state index in [0.717, 1.165) is 0 Å². The highest BCUT2D eigenvalue weighted by Gasteiger charge is 2.10. The summed E-state index contributed by atoms with van der Waals surface area (Å²) < 4.78 is 5.34. The number of ether oxygens (including phenoxy) is 1. The first-order chi connectivity index (χ1) is 8.31. The summed E-state index contributed by atoms with van der Waals surface area (Å²) in [5, 5.41) is 0. The van der Waals surface area contributed by atoms with Gasteiger partial charge in [-0.3, -0.25) is 9.78 Å². The third-order valence-electron chi connectivity index (χ3n) is 2.20. The molecule has 0 saturated carbocycles. The number of carbonyl (C=O) groups is 1. The van der Waals surface area contributed by atoms with Crippen molar-refractivity contribution in [2.45, 2.75) is 6.92 Å². The minimum absolute atomic E-state index is 0.153. The molecule has 0 spiro atoms. The fourth-order valence-electron chi connectivity index (χ4n) is 1.46. The van der Waals surface area contributed by atoms with Crippen LogP contribution in [0, 0.1) is 0 Å². The van der Waals surface area contributed by atoms with Crippen molar-refractivity contribution in [2.24, 2.45) is 0 Å². The zero-order valence-electron chi connectivity index (χ0n) is 9.46. The third kappa shape index (κ3) is 2.66. The number of nitrogens with zero attached hydrogens (tertiary/aromatic N) is 2. The van der Waals surface area contributed by atoms with Crippen LogP contribution in [-0.2, 0) is 0 Å². The van der Waals surface area contributed by atoms with Crippen LogP contribution >= 0.6 is 0 Å². The van der Waals surface area contributed by atoms with E-state index in [1.807, 2.05) is 13.0 Å². The Kier molecular flexibility index (Phi) is 3.45. The molecule has 0 fully saturated rings. The molecule has 1 heterocycles. The fraction of sp³-hybridized carbons (Fsp3) is 0.154. The summed E-state index contributed by atoms with van der Waals surface area (Å²) in [5.41, 5.74) is 0.887. The molecule has 0 aliphatic carbocycles. The third-order valence-corrected chi connectivity index (χ3v) is 2.20. The number of hydrogen-bond acceptors (Lipinski definition) is 4. The number of ketones is 1. The summed E-state index contributed by atoms with van der Waals surface area (Å²) >= 11 is 0. The van der Waals surface area contributed by atoms with Crippen LogP contribution in [0.1, 0.15) is 23.0 Å². The van der Waals surface area contributed by atoms with Crippen LogP contribution in [0.5, 0.6) is 5.75 Å². The minimum atomic E-state index is -0.153. The number of benzene rings is 1. The lowest BCUT2D eigenvalue weighted by molar-refractivity contribution is 0.103. The van der Waals surface area contributed by atoms with Crippen molar-refractivity contribution in [3.63, 3.8) is 0 Å². The van der Waals surface area contributed by atoms with Gasteiger partial charge in [-0.25, -0.2) is 4.98 Å². The van der Waals surface area contributed by atoms with Gasteiger partial charge in [0.25, 0.3) is 0 Å². The Labute approximate surface area is 99.3 Å². The van der Waals surface area contributed by atoms with Crippen molar-refractivity contribution >= 4 is 5.78 Å². The van der Waals surface area contributed by atoms with Crippen LogP contribution in [0.3, 0.4) is 0 Å². The monoisotopic (exact) mass is 228 g/mol. The number of hydrogen-bond donors (Lipinski definition) is 0. The van der Waals surface area contributed by atoms with Crippen molar-refractivity contribution in [1.82, 2.24) is 9.97 Å². The van der Waals surface area contributed by atoms with E-state index in [0.29, 0.717) is 23.6 Å². The maximum atomic E-state index is 12.0. The molecule has 4 heteroatoms. The number of rotatable bonds is 4. The SMILES string of the molecule is CCOc1cccc(C(=O)c2cnccn2)c1. The van der Waals surface area contributed by atoms with Gasteiger partial charge in [-0.05, 0) is 19.1 Å². The Morgan fingerprint density at radius 1 is 1.35 bits per heavy atom. The molecule has 0 N–H and O–H groups in total. The quantitative estimate of drug-likeness (QED) is 0.752. The van der Waals surface area contributed by atoms with Crippen LogP contribution in [0.25, 0.3) is 0 Å². The standard InChI is InChI=1S/C13H12N2O2/c1-2-17-11-5-3-4-10(8-11)13(16)12-9-14-6-7-15-12/h3-9H,2H2,1H3. The lowest BCUT2D eigenvalue weighted by Crippen LogP contribution is -2.04. The molecule has 2 rings (SSSR count). The highest BCUT2D eigenvalue weighted by atomic mass is 16.5. The van der Waals surface area contributed by atoms with Crippen LogP contribution in [0.2, 0.25) is 0 Å². The van der Waals surface area contributed by atoms with Crippen molar-refractivity contribution in [3.8, 4) is 5.75 Å². The van der Waals surface area contributed by atoms with Gasteiger partial charge in [0.05, 0.1) is 12.8 Å².